The third-order valence-electron chi connectivity index (χ3n) is 10.5. The van der Waals surface area contributed by atoms with Gasteiger partial charge >= 0.3 is 23.9 Å². The van der Waals surface area contributed by atoms with Gasteiger partial charge in [0.1, 0.15) is 12.1 Å². The van der Waals surface area contributed by atoms with Gasteiger partial charge in [0.05, 0.1) is 13.2 Å². The van der Waals surface area contributed by atoms with Crippen molar-refractivity contribution in [1.82, 2.24) is 25.6 Å². The molecule has 0 aliphatic rings. The number of carboxylic acid groups (broad SMARTS) is 2. The number of esters is 2. The molecule has 20 heteroatoms. The zero-order chi connectivity index (χ0) is 51.1. The average molecular weight is 977 g/mol. The highest BCUT2D eigenvalue weighted by Gasteiger charge is 2.50. The number of aromatic nitrogens is 3. The molecule has 9 N–H and O–H groups in total. The third-order valence-corrected chi connectivity index (χ3v) is 10.7. The Morgan fingerprint density at radius 3 is 1.46 bits per heavy atom. The second kappa shape index (κ2) is 24.0. The molecule has 2 atom stereocenters. The molecule has 0 saturated heterocycles. The van der Waals surface area contributed by atoms with Crippen molar-refractivity contribution in [3.8, 4) is 0 Å². The van der Waals surface area contributed by atoms with E-state index < -0.39 is 58.9 Å². The normalized spacial score (nSPS) is 11.7. The van der Waals surface area contributed by atoms with E-state index in [1.165, 1.54) is 37.3 Å². The maximum Gasteiger partial charge on any atom is 0.344 e. The number of nitrogens with two attached hydrogens (primary N) is 1. The Morgan fingerprint density at radius 1 is 0.629 bits per heavy atom. The standard InChI is InChI=1S/C19H15ClN2O4.C19H22N2O6.C12H12N2O3/c20-13-7-5-11(6-8-13)18(24)22-16(19(25)26)9-12-10-17(23)21-15-4-2-1-3-14(12)15;1-4-26-17(24)19(21-12(3)22,18(25)27-5-2)11-13-10-16(23)20-15-9-7-6-8-14(13)15;13-9(12(16)17)5-7-6-11(15)14-10-4-2-1-3-8(7)10/h1-8,10,16H,9H2,(H,21,23)(H,22,24)(H,25,26);6-10H,4-5,11H2,1-3H3,(H,20,23)(H,21,22);1-4,6,9H,5,13H2,(H,14,15)(H,16,17). The molecule has 7 rings (SSSR count). The number of hydrogen-bond donors (Lipinski definition) is 8. The molecule has 2 amide bonds. The first-order chi connectivity index (χ1) is 33.3. The summed E-state index contributed by atoms with van der Waals surface area (Å²) in [6.07, 6.45) is -0.159. The fraction of sp³-hybridized carbons (Fsp3) is 0.220. The van der Waals surface area contributed by atoms with Crippen molar-refractivity contribution in [2.75, 3.05) is 13.2 Å². The zero-order valence-corrected chi connectivity index (χ0v) is 38.8. The number of amides is 2. The summed E-state index contributed by atoms with van der Waals surface area (Å²) in [6, 6.07) is 29.3. The van der Waals surface area contributed by atoms with Gasteiger partial charge in [-0.05, 0) is 79.4 Å². The Hall–Kier alpha value is -8.42. The number of rotatable bonds is 15. The number of ether oxygens (including phenoxy) is 2. The van der Waals surface area contributed by atoms with Gasteiger partial charge in [-0.25, -0.2) is 14.4 Å². The number of halogens is 1. The summed E-state index contributed by atoms with van der Waals surface area (Å²) in [6.45, 7) is 4.38. The average Bonchev–Trinajstić information content (AvgIpc) is 3.31. The van der Waals surface area contributed by atoms with Crippen LogP contribution in [0.3, 0.4) is 0 Å². The number of para-hydroxylation sites is 3. The summed E-state index contributed by atoms with van der Waals surface area (Å²) >= 11 is 5.79. The van der Waals surface area contributed by atoms with Gasteiger partial charge in [0.25, 0.3) is 5.91 Å². The van der Waals surface area contributed by atoms with Gasteiger partial charge in [-0.1, -0.05) is 66.2 Å². The molecule has 0 radical (unpaired) electrons. The topological polar surface area (TPSA) is 310 Å². The number of carbonyl (C=O) groups excluding carboxylic acids is 4. The van der Waals surface area contributed by atoms with Gasteiger partial charge in [-0.2, -0.15) is 0 Å². The first-order valence-corrected chi connectivity index (χ1v) is 22.0. The quantitative estimate of drug-likeness (QED) is 0.0529. The minimum absolute atomic E-state index is 0.00962. The molecule has 19 nitrogen and oxygen atoms in total. The van der Waals surface area contributed by atoms with Crippen molar-refractivity contribution in [3.63, 3.8) is 0 Å². The highest BCUT2D eigenvalue weighted by Crippen LogP contribution is 2.24. The first kappa shape index (κ1) is 52.5. The van der Waals surface area contributed by atoms with Crippen molar-refractivity contribution in [2.45, 2.75) is 57.7 Å². The van der Waals surface area contributed by atoms with E-state index in [1.54, 1.807) is 86.6 Å². The van der Waals surface area contributed by atoms with Crippen LogP contribution in [0.4, 0.5) is 0 Å². The highest BCUT2D eigenvalue weighted by molar-refractivity contribution is 6.30. The summed E-state index contributed by atoms with van der Waals surface area (Å²) in [5.41, 5.74) is 6.17. The molecule has 0 aliphatic heterocycles. The number of hydrogen-bond acceptors (Lipinski definition) is 12. The Labute approximate surface area is 403 Å². The first-order valence-electron chi connectivity index (χ1n) is 21.6. The Bertz CT molecular complexity index is 3220. The number of aromatic amines is 3. The fourth-order valence-electron chi connectivity index (χ4n) is 7.37. The lowest BCUT2D eigenvalue weighted by molar-refractivity contribution is -0.168. The van der Waals surface area contributed by atoms with Crippen LogP contribution in [-0.4, -0.2) is 91.7 Å². The van der Waals surface area contributed by atoms with E-state index in [4.69, 9.17) is 31.9 Å². The smallest absolute Gasteiger partial charge is 0.344 e. The third kappa shape index (κ3) is 13.6. The number of benzene rings is 4. The van der Waals surface area contributed by atoms with Gasteiger partial charge in [-0.15, -0.1) is 0 Å². The van der Waals surface area contributed by atoms with Crippen molar-refractivity contribution in [2.24, 2.45) is 5.73 Å². The van der Waals surface area contributed by atoms with Crippen molar-refractivity contribution >= 4 is 80.0 Å². The van der Waals surface area contributed by atoms with E-state index in [2.05, 4.69) is 25.6 Å². The molecule has 7 aromatic rings. The molecule has 0 saturated carbocycles. The lowest BCUT2D eigenvalue weighted by Crippen LogP contribution is -2.62. The molecule has 3 heterocycles. The molecular weight excluding hydrogens is 928 g/mol. The molecule has 0 bridgehead atoms. The van der Waals surface area contributed by atoms with E-state index in [0.29, 0.717) is 49.2 Å². The van der Waals surface area contributed by atoms with Crippen LogP contribution < -0.4 is 33.0 Å². The van der Waals surface area contributed by atoms with Crippen molar-refractivity contribution in [1.29, 1.82) is 0 Å². The Kier molecular flexibility index (Phi) is 18.0. The second-order valence-corrected chi connectivity index (χ2v) is 16.0. The predicted octanol–water partition coefficient (Wildman–Crippen LogP) is 4.16. The van der Waals surface area contributed by atoms with Crippen LogP contribution in [0, 0.1) is 0 Å². The monoisotopic (exact) mass is 976 g/mol. The zero-order valence-electron chi connectivity index (χ0n) is 38.0. The van der Waals surface area contributed by atoms with Crippen molar-refractivity contribution in [3.05, 3.63) is 174 Å². The van der Waals surface area contributed by atoms with Crippen LogP contribution in [0.2, 0.25) is 5.02 Å². The van der Waals surface area contributed by atoms with Gasteiger partial charge in [0, 0.05) is 81.3 Å². The van der Waals surface area contributed by atoms with E-state index in [1.807, 2.05) is 12.1 Å². The Balaban J connectivity index is 0.000000201. The predicted molar refractivity (Wildman–Crippen MR) is 261 cm³/mol. The van der Waals surface area contributed by atoms with E-state index in [-0.39, 0.29) is 43.6 Å². The van der Waals surface area contributed by atoms with Crippen LogP contribution in [-0.2, 0) is 52.7 Å². The lowest BCUT2D eigenvalue weighted by Gasteiger charge is -2.30. The highest BCUT2D eigenvalue weighted by atomic mass is 35.5. The number of carbonyl (C=O) groups is 6. The molecular formula is C50H49ClN6O13. The minimum atomic E-state index is -2.09. The summed E-state index contributed by atoms with van der Waals surface area (Å²) in [4.78, 5) is 115. The van der Waals surface area contributed by atoms with Crippen molar-refractivity contribution < 1.29 is 48.5 Å². The number of nitrogens with one attached hydrogen (secondary N) is 5. The number of carboxylic acids is 2. The SMILES string of the molecule is CCOC(=O)C(Cc1cc(=O)[nH]c2ccccc12)(NC(C)=O)C(=O)OCC.NC(Cc1cc(=O)[nH]c2ccccc12)C(=O)O.O=C(NC(Cc1cc(=O)[nH]c2ccccc12)C(=O)O)c1ccc(Cl)cc1. The number of H-pyrrole nitrogens is 3. The van der Waals surface area contributed by atoms with Crippen LogP contribution in [0.25, 0.3) is 32.7 Å². The number of fused-ring (bicyclic) bond motifs is 3. The maximum atomic E-state index is 12.7. The summed E-state index contributed by atoms with van der Waals surface area (Å²) in [5, 5.41) is 25.8. The van der Waals surface area contributed by atoms with Crippen LogP contribution in [0.5, 0.6) is 0 Å². The molecule has 70 heavy (non-hydrogen) atoms. The molecule has 0 spiro atoms. The second-order valence-electron chi connectivity index (χ2n) is 15.5. The minimum Gasteiger partial charge on any atom is -0.480 e. The van der Waals surface area contributed by atoms with E-state index >= 15 is 0 Å². The fourth-order valence-corrected chi connectivity index (χ4v) is 7.50. The largest absolute Gasteiger partial charge is 0.480 e. The van der Waals surface area contributed by atoms with E-state index in [0.717, 1.165) is 10.8 Å². The van der Waals surface area contributed by atoms with Crippen LogP contribution in [0.1, 0.15) is 47.8 Å². The van der Waals surface area contributed by atoms with Gasteiger partial charge in [0.15, 0.2) is 0 Å². The molecule has 0 fully saturated rings. The van der Waals surface area contributed by atoms with Crippen LogP contribution in [0.15, 0.2) is 130 Å². The van der Waals surface area contributed by atoms with Gasteiger partial charge in [-0.3, -0.25) is 28.8 Å². The molecule has 364 valence electrons. The number of pyridine rings is 3. The van der Waals surface area contributed by atoms with Gasteiger partial charge in [0.2, 0.25) is 28.1 Å². The summed E-state index contributed by atoms with van der Waals surface area (Å²) in [7, 11) is 0. The summed E-state index contributed by atoms with van der Waals surface area (Å²) in [5.74, 6) is -5.27. The molecule has 3 aromatic heterocycles. The maximum absolute atomic E-state index is 12.7. The van der Waals surface area contributed by atoms with Gasteiger partial charge < -0.3 is 51.0 Å². The molecule has 0 aliphatic carbocycles. The summed E-state index contributed by atoms with van der Waals surface area (Å²) < 4.78 is 10.1. The van der Waals surface area contributed by atoms with Crippen LogP contribution >= 0.6 is 11.6 Å². The molecule has 2 unspecified atom stereocenters. The lowest BCUT2D eigenvalue weighted by atomic mass is 9.88. The number of aliphatic carboxylic acids is 2. The molecule has 4 aromatic carbocycles. The Morgan fingerprint density at radius 2 is 1.04 bits per heavy atom. The van der Waals surface area contributed by atoms with E-state index in [9.17, 15) is 48.3 Å².